The molecule has 0 saturated heterocycles. The van der Waals surface area contributed by atoms with Crippen molar-refractivity contribution < 1.29 is 4.79 Å². The van der Waals surface area contributed by atoms with Gasteiger partial charge in [0.05, 0.1) is 23.0 Å². The van der Waals surface area contributed by atoms with E-state index >= 15 is 0 Å². The maximum Gasteiger partial charge on any atom is 0.267 e. The Morgan fingerprint density at radius 3 is 2.85 bits per heavy atom. The number of carbonyl (C=O) groups excluding carboxylic acids is 1. The zero-order valence-electron chi connectivity index (χ0n) is 13.8. The van der Waals surface area contributed by atoms with Gasteiger partial charge in [-0.25, -0.2) is 5.43 Å². The standard InChI is InChI=1S/C19H16N6O/c26-19(25-22-11-13-5-8-20-9-6-13)16-2-1-7-21-18(16)14-3-4-17-15(10-14)12-23-24-17/h1-10,12,22H,11H2,(H,23,24)(H,25,26). The van der Waals surface area contributed by atoms with E-state index in [1.165, 1.54) is 0 Å². The second kappa shape index (κ2) is 7.12. The van der Waals surface area contributed by atoms with Gasteiger partial charge in [0.15, 0.2) is 0 Å². The van der Waals surface area contributed by atoms with Crippen LogP contribution < -0.4 is 10.9 Å². The van der Waals surface area contributed by atoms with Crippen LogP contribution in [0.15, 0.2) is 67.3 Å². The van der Waals surface area contributed by atoms with Crippen molar-refractivity contribution >= 4 is 16.8 Å². The fourth-order valence-corrected chi connectivity index (χ4v) is 2.70. The molecule has 0 aliphatic carbocycles. The Balaban J connectivity index is 1.54. The maximum atomic E-state index is 12.6. The van der Waals surface area contributed by atoms with Gasteiger partial charge in [0, 0.05) is 36.1 Å². The van der Waals surface area contributed by atoms with Gasteiger partial charge in [0.1, 0.15) is 0 Å². The molecule has 0 bridgehead atoms. The summed E-state index contributed by atoms with van der Waals surface area (Å²) in [5.74, 6) is -0.241. The van der Waals surface area contributed by atoms with E-state index in [9.17, 15) is 4.79 Å². The Bertz CT molecular complexity index is 1040. The Morgan fingerprint density at radius 2 is 1.96 bits per heavy atom. The summed E-state index contributed by atoms with van der Waals surface area (Å²) >= 11 is 0. The summed E-state index contributed by atoms with van der Waals surface area (Å²) in [5, 5.41) is 7.91. The number of hydrogen-bond donors (Lipinski definition) is 3. The third-order valence-corrected chi connectivity index (χ3v) is 4.01. The molecular weight excluding hydrogens is 328 g/mol. The van der Waals surface area contributed by atoms with Crippen molar-refractivity contribution in [3.63, 3.8) is 0 Å². The molecule has 1 aromatic carbocycles. The van der Waals surface area contributed by atoms with Crippen molar-refractivity contribution in [2.45, 2.75) is 6.54 Å². The number of nitrogens with zero attached hydrogens (tertiary/aromatic N) is 3. The fourth-order valence-electron chi connectivity index (χ4n) is 2.70. The van der Waals surface area contributed by atoms with Crippen LogP contribution in [0.1, 0.15) is 15.9 Å². The van der Waals surface area contributed by atoms with E-state index in [1.807, 2.05) is 30.3 Å². The smallest absolute Gasteiger partial charge is 0.267 e. The molecule has 4 aromatic rings. The number of aromatic amines is 1. The molecule has 4 rings (SSSR count). The number of pyridine rings is 2. The lowest BCUT2D eigenvalue weighted by Gasteiger charge is -2.10. The van der Waals surface area contributed by atoms with Crippen LogP contribution in [-0.4, -0.2) is 26.1 Å². The summed E-state index contributed by atoms with van der Waals surface area (Å²) in [6, 6.07) is 13.1. The Morgan fingerprint density at radius 1 is 1.08 bits per heavy atom. The molecule has 0 aliphatic heterocycles. The Labute approximate surface area is 149 Å². The van der Waals surface area contributed by atoms with Gasteiger partial charge in [-0.05, 0) is 42.0 Å². The number of H-pyrrole nitrogens is 1. The van der Waals surface area contributed by atoms with Gasteiger partial charge in [-0.1, -0.05) is 6.07 Å². The van der Waals surface area contributed by atoms with Crippen LogP contribution in [0.5, 0.6) is 0 Å². The highest BCUT2D eigenvalue weighted by molar-refractivity contribution is 6.00. The zero-order valence-corrected chi connectivity index (χ0v) is 13.8. The minimum atomic E-state index is -0.241. The molecule has 3 aromatic heterocycles. The Hall–Kier alpha value is -3.58. The van der Waals surface area contributed by atoms with Crippen molar-refractivity contribution in [1.82, 2.24) is 31.0 Å². The number of fused-ring (bicyclic) bond motifs is 1. The average molecular weight is 344 g/mol. The first-order valence-corrected chi connectivity index (χ1v) is 8.12. The third-order valence-electron chi connectivity index (χ3n) is 4.01. The number of aromatic nitrogens is 4. The number of hydrogen-bond acceptors (Lipinski definition) is 5. The summed E-state index contributed by atoms with van der Waals surface area (Å²) in [6.07, 6.45) is 6.85. The van der Waals surface area contributed by atoms with Crippen molar-refractivity contribution in [3.8, 4) is 11.3 Å². The first kappa shape index (κ1) is 15.9. The molecule has 1 amide bonds. The predicted octanol–water partition coefficient (Wildman–Crippen LogP) is 2.45. The second-order valence-electron chi connectivity index (χ2n) is 5.73. The van der Waals surface area contributed by atoms with E-state index in [2.05, 4.69) is 31.0 Å². The summed E-state index contributed by atoms with van der Waals surface area (Å²) in [4.78, 5) is 21.0. The molecule has 7 heteroatoms. The van der Waals surface area contributed by atoms with E-state index in [1.54, 1.807) is 36.9 Å². The highest BCUT2D eigenvalue weighted by Crippen LogP contribution is 2.24. The predicted molar refractivity (Wildman–Crippen MR) is 97.9 cm³/mol. The number of carbonyl (C=O) groups is 1. The minimum Gasteiger partial charge on any atom is -0.287 e. The number of rotatable bonds is 5. The number of nitrogens with one attached hydrogen (secondary N) is 3. The third kappa shape index (κ3) is 3.28. The van der Waals surface area contributed by atoms with Gasteiger partial charge >= 0.3 is 0 Å². The van der Waals surface area contributed by atoms with E-state index in [0.717, 1.165) is 22.0 Å². The molecule has 0 radical (unpaired) electrons. The largest absolute Gasteiger partial charge is 0.287 e. The Kier molecular flexibility index (Phi) is 4.36. The van der Waals surface area contributed by atoms with Crippen LogP contribution in [0.4, 0.5) is 0 Å². The molecule has 26 heavy (non-hydrogen) atoms. The van der Waals surface area contributed by atoms with Gasteiger partial charge < -0.3 is 0 Å². The monoisotopic (exact) mass is 344 g/mol. The summed E-state index contributed by atoms with van der Waals surface area (Å²) in [7, 11) is 0. The zero-order chi connectivity index (χ0) is 17.8. The van der Waals surface area contributed by atoms with Gasteiger partial charge in [-0.2, -0.15) is 5.10 Å². The molecule has 0 saturated carbocycles. The molecule has 0 aliphatic rings. The van der Waals surface area contributed by atoms with E-state index in [4.69, 9.17) is 0 Å². The molecule has 7 nitrogen and oxygen atoms in total. The quantitative estimate of drug-likeness (QED) is 0.483. The molecule has 0 fully saturated rings. The molecule has 0 atom stereocenters. The normalized spacial score (nSPS) is 10.8. The van der Waals surface area contributed by atoms with Gasteiger partial charge in [-0.15, -0.1) is 0 Å². The molecule has 3 heterocycles. The SMILES string of the molecule is O=C(NNCc1ccncc1)c1cccnc1-c1ccc2[nH]ncc2c1. The highest BCUT2D eigenvalue weighted by atomic mass is 16.2. The van der Waals surface area contributed by atoms with Gasteiger partial charge in [0.2, 0.25) is 0 Å². The number of benzene rings is 1. The second-order valence-corrected chi connectivity index (χ2v) is 5.73. The minimum absolute atomic E-state index is 0.241. The van der Waals surface area contributed by atoms with Crippen LogP contribution in [-0.2, 0) is 6.54 Å². The number of hydrazine groups is 1. The maximum absolute atomic E-state index is 12.6. The van der Waals surface area contributed by atoms with Crippen molar-refractivity contribution in [1.29, 1.82) is 0 Å². The van der Waals surface area contributed by atoms with Crippen LogP contribution in [0, 0.1) is 0 Å². The lowest BCUT2D eigenvalue weighted by atomic mass is 10.0. The van der Waals surface area contributed by atoms with Crippen LogP contribution >= 0.6 is 0 Å². The first-order valence-electron chi connectivity index (χ1n) is 8.12. The molecular formula is C19H16N6O. The van der Waals surface area contributed by atoms with Crippen molar-refractivity contribution in [3.05, 3.63) is 78.4 Å². The topological polar surface area (TPSA) is 95.6 Å². The van der Waals surface area contributed by atoms with Gasteiger partial charge in [-0.3, -0.25) is 25.3 Å². The van der Waals surface area contributed by atoms with E-state index < -0.39 is 0 Å². The molecule has 128 valence electrons. The molecule has 0 unspecified atom stereocenters. The number of amides is 1. The molecule has 0 spiro atoms. The van der Waals surface area contributed by atoms with E-state index in [0.29, 0.717) is 17.8 Å². The van der Waals surface area contributed by atoms with Gasteiger partial charge in [0.25, 0.3) is 5.91 Å². The lowest BCUT2D eigenvalue weighted by Crippen LogP contribution is -2.37. The first-order chi connectivity index (χ1) is 12.8. The van der Waals surface area contributed by atoms with E-state index in [-0.39, 0.29) is 5.91 Å². The summed E-state index contributed by atoms with van der Waals surface area (Å²) in [6.45, 7) is 0.505. The van der Waals surface area contributed by atoms with Crippen LogP contribution in [0.2, 0.25) is 0 Å². The lowest BCUT2D eigenvalue weighted by molar-refractivity contribution is 0.0932. The summed E-state index contributed by atoms with van der Waals surface area (Å²) < 4.78 is 0. The van der Waals surface area contributed by atoms with Crippen LogP contribution in [0.3, 0.4) is 0 Å². The fraction of sp³-hybridized carbons (Fsp3) is 0.0526. The van der Waals surface area contributed by atoms with Crippen LogP contribution in [0.25, 0.3) is 22.2 Å². The van der Waals surface area contributed by atoms with Crippen molar-refractivity contribution in [2.24, 2.45) is 0 Å². The molecule has 3 N–H and O–H groups in total. The van der Waals surface area contributed by atoms with Crippen molar-refractivity contribution in [2.75, 3.05) is 0 Å². The highest BCUT2D eigenvalue weighted by Gasteiger charge is 2.14. The average Bonchev–Trinajstić information content (AvgIpc) is 3.16. The summed E-state index contributed by atoms with van der Waals surface area (Å²) in [5.41, 5.74) is 9.60.